The van der Waals surface area contributed by atoms with Gasteiger partial charge in [-0.15, -0.1) is 6.58 Å². The maximum absolute atomic E-state index is 9.63. The van der Waals surface area contributed by atoms with Crippen LogP contribution in [0.15, 0.2) is 12.3 Å². The Bertz CT molecular complexity index is 111. The molecule has 10 heavy (non-hydrogen) atoms. The van der Waals surface area contributed by atoms with Crippen LogP contribution in [0.1, 0.15) is 0 Å². The molecular weight excluding hydrogens is 160 g/mol. The van der Waals surface area contributed by atoms with Crippen molar-refractivity contribution in [2.24, 2.45) is 0 Å². The second-order valence-electron chi connectivity index (χ2n) is 2.77. The van der Waals surface area contributed by atoms with Crippen LogP contribution in [0, 0.1) is 0 Å². The highest BCUT2D eigenvalue weighted by atomic mass is 28.4. The second-order valence-corrected chi connectivity index (χ2v) is 8.30. The Kier molecular flexibility index (Phi) is 7.18. The fraction of sp³-hybridized carbons (Fsp3) is 0.667. The van der Waals surface area contributed by atoms with E-state index in [1.54, 1.807) is 18.8 Å². The average Bonchev–Trinajstić information content (AvgIpc) is 1.63. The lowest BCUT2D eigenvalue weighted by Crippen LogP contribution is -2.20. The Balaban J connectivity index is 0. The highest BCUT2D eigenvalue weighted by Gasteiger charge is 2.07. The maximum Gasteiger partial charge on any atom is 0.270 e. The van der Waals surface area contributed by atoms with Gasteiger partial charge in [0, 0.05) is 0 Å². The van der Waals surface area contributed by atoms with Gasteiger partial charge in [0.1, 0.15) is 0 Å². The van der Waals surface area contributed by atoms with Crippen LogP contribution in [0.2, 0.25) is 26.2 Å². The molecule has 0 aliphatic rings. The molecule has 0 aliphatic heterocycles. The van der Waals surface area contributed by atoms with Crippen molar-refractivity contribution in [2.75, 3.05) is 0 Å². The van der Waals surface area contributed by atoms with Gasteiger partial charge in [0.15, 0.2) is 0 Å². The van der Waals surface area contributed by atoms with Crippen LogP contribution in [0.25, 0.3) is 0 Å². The van der Waals surface area contributed by atoms with E-state index in [1.165, 1.54) is 0 Å². The first-order chi connectivity index (χ1) is 4.29. The van der Waals surface area contributed by atoms with E-state index in [1.807, 2.05) is 13.1 Å². The topological polar surface area (TPSA) is 37.3 Å². The van der Waals surface area contributed by atoms with Gasteiger partial charge in [-0.1, -0.05) is 5.70 Å². The molecule has 0 rings (SSSR count). The van der Waals surface area contributed by atoms with E-state index in [0.717, 1.165) is 0 Å². The molecule has 0 aromatic rings. The van der Waals surface area contributed by atoms with Gasteiger partial charge in [-0.2, -0.15) is 0 Å². The minimum atomic E-state index is -1.87. The summed E-state index contributed by atoms with van der Waals surface area (Å²) in [4.78, 5) is 8.85. The highest BCUT2D eigenvalue weighted by Crippen LogP contribution is 1.92. The zero-order chi connectivity index (χ0) is 8.78. The van der Waals surface area contributed by atoms with E-state index >= 15 is 0 Å². The first-order valence-corrected chi connectivity index (χ1v) is 8.56. The van der Waals surface area contributed by atoms with Crippen molar-refractivity contribution in [1.29, 1.82) is 0 Å². The quantitative estimate of drug-likeness (QED) is 0.616. The lowest BCUT2D eigenvalue weighted by atomic mass is 11.3. The third-order valence-electron chi connectivity index (χ3n) is 0.500. The highest BCUT2D eigenvalue weighted by molar-refractivity contribution is 6.74. The fourth-order valence-electron chi connectivity index (χ4n) is 0. The van der Waals surface area contributed by atoms with Gasteiger partial charge in [0.2, 0.25) is 8.32 Å². The van der Waals surface area contributed by atoms with E-state index in [0.29, 0.717) is 0 Å². The molecule has 0 fully saturated rings. The van der Waals surface area contributed by atoms with Crippen LogP contribution in [-0.2, 0) is 4.46 Å². The Morgan fingerprint density at radius 1 is 1.50 bits per heavy atom. The van der Waals surface area contributed by atoms with E-state index in [2.05, 4.69) is 6.58 Å². The van der Waals surface area contributed by atoms with Crippen LogP contribution in [-0.4, -0.2) is 21.8 Å². The molecule has 0 bridgehead atoms. The minimum Gasteiger partial charge on any atom is -0.428 e. The molecule has 0 atom stereocenters. The molecule has 1 N–H and O–H groups in total. The third-order valence-corrected chi connectivity index (χ3v) is 1.50. The third kappa shape index (κ3) is 44.3. The predicted octanol–water partition coefficient (Wildman–Crippen LogP) is 1.58. The lowest BCUT2D eigenvalue weighted by Gasteiger charge is -2.02. The molecule has 2 nitrogen and oxygen atoms in total. The minimum absolute atomic E-state index is 1.13. The maximum atomic E-state index is 9.63. The molecule has 0 radical (unpaired) electrons. The van der Waals surface area contributed by atoms with Crippen molar-refractivity contribution in [2.45, 2.75) is 26.2 Å². The summed E-state index contributed by atoms with van der Waals surface area (Å²) in [5, 5.41) is 0. The summed E-state index contributed by atoms with van der Waals surface area (Å²) in [7, 11) is -3.00. The molecule has 0 unspecified atom stereocenters. The van der Waals surface area contributed by atoms with Gasteiger partial charge in [-0.3, -0.25) is 0 Å². The SMILES string of the molecule is C=C[Si](C)(C)O.C[Si](C)=O. The van der Waals surface area contributed by atoms with Gasteiger partial charge in [0.05, 0.1) is 0 Å². The molecule has 60 valence electrons. The van der Waals surface area contributed by atoms with Crippen molar-refractivity contribution in [3.8, 4) is 0 Å². The second kappa shape index (κ2) is 5.70. The van der Waals surface area contributed by atoms with Crippen molar-refractivity contribution >= 4 is 17.0 Å². The summed E-state index contributed by atoms with van der Waals surface area (Å²) in [5.41, 5.74) is 1.63. The van der Waals surface area contributed by atoms with Gasteiger partial charge in [-0.25, -0.2) is 0 Å². The number of hydrogen-bond donors (Lipinski definition) is 1. The summed E-state index contributed by atoms with van der Waals surface area (Å²) in [6.45, 7) is 10.5. The molecule has 0 heterocycles. The first-order valence-electron chi connectivity index (χ1n) is 3.12. The summed E-state index contributed by atoms with van der Waals surface area (Å²) < 4.78 is 9.63. The van der Waals surface area contributed by atoms with Crippen molar-refractivity contribution in [3.63, 3.8) is 0 Å². The molecular formula is C6H16O2Si2. The number of rotatable bonds is 1. The standard InChI is InChI=1S/C4H10OSi.C2H6OSi/c1-4-6(2,3)5;1-4(2)3/h4-5H,1H2,2-3H3;1-2H3. The zero-order valence-electron chi connectivity index (χ0n) is 7.14. The Morgan fingerprint density at radius 3 is 1.60 bits per heavy atom. The van der Waals surface area contributed by atoms with Crippen LogP contribution in [0.3, 0.4) is 0 Å². The van der Waals surface area contributed by atoms with Gasteiger partial charge >= 0.3 is 0 Å². The zero-order valence-corrected chi connectivity index (χ0v) is 9.14. The monoisotopic (exact) mass is 176 g/mol. The Labute approximate surface area is 65.4 Å². The summed E-state index contributed by atoms with van der Waals surface area (Å²) in [5.74, 6) is 0. The van der Waals surface area contributed by atoms with E-state index in [4.69, 9.17) is 4.80 Å². The van der Waals surface area contributed by atoms with Crippen LogP contribution in [0.4, 0.5) is 0 Å². The van der Waals surface area contributed by atoms with Crippen molar-refractivity contribution in [1.82, 2.24) is 0 Å². The lowest BCUT2D eigenvalue weighted by molar-refractivity contribution is 0.567. The molecule has 4 heteroatoms. The Morgan fingerprint density at radius 2 is 1.60 bits per heavy atom. The van der Waals surface area contributed by atoms with Crippen LogP contribution < -0.4 is 0 Å². The molecule has 0 amide bonds. The normalized spacial score (nSPS) is 9.30. The van der Waals surface area contributed by atoms with E-state index < -0.39 is 17.0 Å². The van der Waals surface area contributed by atoms with Crippen molar-refractivity contribution in [3.05, 3.63) is 12.3 Å². The summed E-state index contributed by atoms with van der Waals surface area (Å²) in [6.07, 6.45) is 0. The smallest absolute Gasteiger partial charge is 0.270 e. The molecule has 0 aromatic carbocycles. The van der Waals surface area contributed by atoms with Crippen molar-refractivity contribution < 1.29 is 9.26 Å². The predicted molar refractivity (Wildman–Crippen MR) is 48.1 cm³/mol. The molecule has 0 saturated carbocycles. The summed E-state index contributed by atoms with van der Waals surface area (Å²) >= 11 is 0. The van der Waals surface area contributed by atoms with Gasteiger partial charge in [-0.05, 0) is 26.2 Å². The van der Waals surface area contributed by atoms with Gasteiger partial charge in [0.25, 0.3) is 8.68 Å². The first kappa shape index (κ1) is 12.6. The molecule has 0 saturated heterocycles. The Hall–Kier alpha value is -0.0662. The molecule has 0 aliphatic carbocycles. The van der Waals surface area contributed by atoms with Crippen LogP contribution in [0.5, 0.6) is 0 Å². The van der Waals surface area contributed by atoms with Crippen LogP contribution >= 0.6 is 0 Å². The fourth-order valence-corrected chi connectivity index (χ4v) is 0. The van der Waals surface area contributed by atoms with Gasteiger partial charge < -0.3 is 9.26 Å². The molecule has 0 spiro atoms. The van der Waals surface area contributed by atoms with E-state index in [-0.39, 0.29) is 0 Å². The largest absolute Gasteiger partial charge is 0.428 e. The molecule has 0 aromatic heterocycles. The average molecular weight is 176 g/mol. The number of hydrogen-bond acceptors (Lipinski definition) is 2. The summed E-state index contributed by atoms with van der Waals surface area (Å²) in [6, 6.07) is 0. The van der Waals surface area contributed by atoms with E-state index in [9.17, 15) is 4.46 Å².